The monoisotopic (exact) mass is 544 g/mol. The van der Waals surface area contributed by atoms with Gasteiger partial charge in [-0.05, 0) is 73.2 Å². The second kappa shape index (κ2) is 9.83. The Hall–Kier alpha value is -1.99. The maximum atomic E-state index is 12.9. The van der Waals surface area contributed by atoms with E-state index in [1.165, 1.54) is 19.4 Å². The number of aliphatic hydroxyl groups excluding tert-OH is 2. The number of rotatable bonds is 6. The summed E-state index contributed by atoms with van der Waals surface area (Å²) in [4.78, 5) is 36.3. The smallest absolute Gasteiger partial charge is 0.330 e. The van der Waals surface area contributed by atoms with Crippen LogP contribution >= 0.6 is 0 Å². The Kier molecular flexibility index (Phi) is 7.56. The van der Waals surface area contributed by atoms with E-state index < -0.39 is 41.1 Å². The van der Waals surface area contributed by atoms with E-state index in [1.54, 1.807) is 6.08 Å². The van der Waals surface area contributed by atoms with Gasteiger partial charge in [-0.25, -0.2) is 4.79 Å². The standard InChI is InChI=1S/C32H48O7/c1-17(28(37)38)9-10-23(39-19(3)33)18(2)21-15-26(36)32(8)27-20(11-14-31(21,32)7)30(6)13-12-25(35)29(4,5)24(30)16-22(27)34/h9,18,21-24,26,34,36H,10-16H2,1-8H3,(H,37,38)/t18-,21+,22+,23-,24-,26-,30+,31+,32-/m0/s1. The molecule has 2 saturated carbocycles. The van der Waals surface area contributed by atoms with Crippen LogP contribution in [0.4, 0.5) is 0 Å². The van der Waals surface area contributed by atoms with E-state index in [2.05, 4.69) is 20.8 Å². The van der Waals surface area contributed by atoms with Crippen LogP contribution in [0, 0.1) is 39.4 Å². The summed E-state index contributed by atoms with van der Waals surface area (Å²) in [5, 5.41) is 32.9. The van der Waals surface area contributed by atoms with Gasteiger partial charge < -0.3 is 20.1 Å². The van der Waals surface area contributed by atoms with Gasteiger partial charge in [0.05, 0.1) is 12.2 Å². The third-order valence-electron chi connectivity index (χ3n) is 12.2. The second-order valence-corrected chi connectivity index (χ2v) is 14.2. The maximum Gasteiger partial charge on any atom is 0.330 e. The van der Waals surface area contributed by atoms with Crippen molar-refractivity contribution in [1.29, 1.82) is 0 Å². The van der Waals surface area contributed by atoms with Crippen molar-refractivity contribution in [2.75, 3.05) is 0 Å². The Labute approximate surface area is 233 Å². The average molecular weight is 545 g/mol. The molecule has 0 unspecified atom stereocenters. The largest absolute Gasteiger partial charge is 0.478 e. The topological polar surface area (TPSA) is 121 Å². The summed E-state index contributed by atoms with van der Waals surface area (Å²) in [5.74, 6) is -1.23. The molecule has 39 heavy (non-hydrogen) atoms. The minimum absolute atomic E-state index is 0.00321. The van der Waals surface area contributed by atoms with Gasteiger partial charge in [-0.3, -0.25) is 9.59 Å². The Morgan fingerprint density at radius 3 is 2.28 bits per heavy atom. The molecule has 0 amide bonds. The zero-order valence-corrected chi connectivity index (χ0v) is 25.0. The molecule has 0 bridgehead atoms. The third kappa shape index (κ3) is 4.34. The summed E-state index contributed by atoms with van der Waals surface area (Å²) in [6.07, 6.45) is 3.96. The number of allylic oxidation sites excluding steroid dienone is 1. The minimum atomic E-state index is -1.00. The van der Waals surface area contributed by atoms with E-state index in [0.717, 1.165) is 24.8 Å². The van der Waals surface area contributed by atoms with Crippen LogP contribution in [0.25, 0.3) is 0 Å². The number of carbonyl (C=O) groups excluding carboxylic acids is 2. The number of hydrogen-bond donors (Lipinski definition) is 3. The first-order chi connectivity index (χ1) is 17.9. The van der Waals surface area contributed by atoms with Gasteiger partial charge in [-0.1, -0.05) is 53.2 Å². The molecule has 0 radical (unpaired) electrons. The SMILES string of the molecule is CC(=O)O[C@@H](CC=C(C)C(=O)O)[C@@H](C)[C@H]1C[C@H](O)[C@@]2(C)C3=C(CC[C@]12C)[C@@]1(C)CCC(=O)C(C)(C)[C@@H]1C[C@H]3O. The molecule has 3 N–H and O–H groups in total. The second-order valence-electron chi connectivity index (χ2n) is 14.2. The fourth-order valence-electron chi connectivity index (χ4n) is 9.54. The van der Waals surface area contributed by atoms with Crippen LogP contribution in [0.2, 0.25) is 0 Å². The fraction of sp³-hybridized carbons (Fsp3) is 0.781. The Bertz CT molecular complexity index is 1120. The third-order valence-corrected chi connectivity index (χ3v) is 12.2. The van der Waals surface area contributed by atoms with Gasteiger partial charge in [-0.15, -0.1) is 0 Å². The highest BCUT2D eigenvalue weighted by molar-refractivity contribution is 5.86. The Morgan fingerprint density at radius 1 is 1.05 bits per heavy atom. The van der Waals surface area contributed by atoms with Gasteiger partial charge in [0.15, 0.2) is 0 Å². The molecule has 2 fully saturated rings. The van der Waals surface area contributed by atoms with Crippen molar-refractivity contribution < 1.29 is 34.4 Å². The number of esters is 1. The number of carbonyl (C=O) groups is 3. The van der Waals surface area contributed by atoms with E-state index >= 15 is 0 Å². The molecule has 0 aliphatic heterocycles. The molecule has 0 spiro atoms. The van der Waals surface area contributed by atoms with Crippen LogP contribution in [0.5, 0.6) is 0 Å². The van der Waals surface area contributed by atoms with E-state index in [4.69, 9.17) is 4.74 Å². The molecular formula is C32H48O7. The highest BCUT2D eigenvalue weighted by atomic mass is 16.5. The van der Waals surface area contributed by atoms with E-state index in [-0.39, 0.29) is 46.4 Å². The first-order valence-corrected chi connectivity index (χ1v) is 14.6. The van der Waals surface area contributed by atoms with E-state index in [9.17, 15) is 29.7 Å². The van der Waals surface area contributed by atoms with Gasteiger partial charge in [0.25, 0.3) is 0 Å². The lowest BCUT2D eigenvalue weighted by Gasteiger charge is -2.62. The summed E-state index contributed by atoms with van der Waals surface area (Å²) >= 11 is 0. The highest BCUT2D eigenvalue weighted by Crippen LogP contribution is 2.72. The van der Waals surface area contributed by atoms with Gasteiger partial charge in [0, 0.05) is 36.2 Å². The molecule has 0 heterocycles. The summed E-state index contributed by atoms with van der Waals surface area (Å²) in [6.45, 7) is 15.6. The molecule has 7 heteroatoms. The highest BCUT2D eigenvalue weighted by Gasteiger charge is 2.68. The van der Waals surface area contributed by atoms with Crippen LogP contribution in [-0.2, 0) is 19.1 Å². The molecule has 4 rings (SSSR count). The average Bonchev–Trinajstić information content (AvgIpc) is 3.06. The van der Waals surface area contributed by atoms with Crippen molar-refractivity contribution in [3.8, 4) is 0 Å². The normalized spacial score (nSPS) is 41.3. The van der Waals surface area contributed by atoms with Crippen molar-refractivity contribution in [3.63, 3.8) is 0 Å². The molecule has 7 nitrogen and oxygen atoms in total. The Balaban J connectivity index is 1.75. The number of ether oxygens (including phenoxy) is 1. The Morgan fingerprint density at radius 2 is 1.69 bits per heavy atom. The minimum Gasteiger partial charge on any atom is -0.478 e. The number of aliphatic carboxylic acids is 1. The molecule has 4 aliphatic carbocycles. The van der Waals surface area contributed by atoms with Gasteiger partial charge in [0.1, 0.15) is 11.9 Å². The fourth-order valence-corrected chi connectivity index (χ4v) is 9.54. The number of carboxylic acids is 1. The number of hydrogen-bond acceptors (Lipinski definition) is 6. The molecule has 0 aromatic carbocycles. The van der Waals surface area contributed by atoms with Gasteiger partial charge in [0.2, 0.25) is 0 Å². The number of carboxylic acid groups (broad SMARTS) is 1. The van der Waals surface area contributed by atoms with Crippen LogP contribution in [0.15, 0.2) is 22.8 Å². The molecule has 9 atom stereocenters. The van der Waals surface area contributed by atoms with Gasteiger partial charge in [-0.2, -0.15) is 0 Å². The van der Waals surface area contributed by atoms with Crippen molar-refractivity contribution in [1.82, 2.24) is 0 Å². The predicted molar refractivity (Wildman–Crippen MR) is 148 cm³/mol. The maximum absolute atomic E-state index is 12.9. The van der Waals surface area contributed by atoms with E-state index in [0.29, 0.717) is 19.3 Å². The lowest BCUT2D eigenvalue weighted by atomic mass is 9.42. The first-order valence-electron chi connectivity index (χ1n) is 14.6. The number of Topliss-reactive ketones (excluding diaryl/α,β-unsaturated/α-hetero) is 1. The predicted octanol–water partition coefficient (Wildman–Crippen LogP) is 5.24. The first kappa shape index (κ1) is 30.0. The summed E-state index contributed by atoms with van der Waals surface area (Å²) in [5.41, 5.74) is 0.711. The zero-order chi connectivity index (χ0) is 29.3. The lowest BCUT2D eigenvalue weighted by Crippen LogP contribution is -2.58. The molecule has 0 aromatic heterocycles. The quantitative estimate of drug-likeness (QED) is 0.238. The van der Waals surface area contributed by atoms with E-state index in [1.807, 2.05) is 20.8 Å². The van der Waals surface area contributed by atoms with Gasteiger partial charge >= 0.3 is 11.9 Å². The zero-order valence-electron chi connectivity index (χ0n) is 25.0. The van der Waals surface area contributed by atoms with Crippen LogP contribution in [-0.4, -0.2) is 51.4 Å². The van der Waals surface area contributed by atoms with Crippen molar-refractivity contribution in [2.45, 2.75) is 119 Å². The summed E-state index contributed by atoms with van der Waals surface area (Å²) in [6, 6.07) is 0. The van der Waals surface area contributed by atoms with Crippen molar-refractivity contribution in [2.24, 2.45) is 39.4 Å². The molecule has 4 aliphatic rings. The summed E-state index contributed by atoms with van der Waals surface area (Å²) in [7, 11) is 0. The lowest BCUT2D eigenvalue weighted by molar-refractivity contribution is -0.151. The molecular weight excluding hydrogens is 496 g/mol. The van der Waals surface area contributed by atoms with Crippen molar-refractivity contribution >= 4 is 17.7 Å². The number of ketones is 1. The van der Waals surface area contributed by atoms with Crippen LogP contribution < -0.4 is 0 Å². The molecule has 218 valence electrons. The van der Waals surface area contributed by atoms with Crippen LogP contribution in [0.3, 0.4) is 0 Å². The van der Waals surface area contributed by atoms with Crippen molar-refractivity contribution in [3.05, 3.63) is 22.8 Å². The number of fused-ring (bicyclic) bond motifs is 4. The van der Waals surface area contributed by atoms with Crippen LogP contribution in [0.1, 0.15) is 100 Å². The number of aliphatic hydroxyl groups is 2. The molecule has 0 aromatic rings. The molecule has 0 saturated heterocycles. The summed E-state index contributed by atoms with van der Waals surface area (Å²) < 4.78 is 5.74.